The van der Waals surface area contributed by atoms with E-state index in [0.29, 0.717) is 13.0 Å². The van der Waals surface area contributed by atoms with Gasteiger partial charge in [0.1, 0.15) is 6.61 Å². The Kier molecular flexibility index (Phi) is 8.09. The van der Waals surface area contributed by atoms with E-state index in [2.05, 4.69) is 10.6 Å². The molecule has 0 spiro atoms. The van der Waals surface area contributed by atoms with Gasteiger partial charge in [0.2, 0.25) is 0 Å². The Morgan fingerprint density at radius 1 is 1.08 bits per heavy atom. The Balaban J connectivity index is 2.43. The summed E-state index contributed by atoms with van der Waals surface area (Å²) in [5, 5.41) is 5.41. The van der Waals surface area contributed by atoms with Gasteiger partial charge >= 0.3 is 12.2 Å². The molecule has 0 aromatic heterocycles. The van der Waals surface area contributed by atoms with Crippen LogP contribution in [-0.4, -0.2) is 31.4 Å². The lowest BCUT2D eigenvalue weighted by Gasteiger charge is -2.18. The standard InChI is InChI=1S/C18H28N2O4/c1-6-15(19-17(21)23-10-12(2)3)11-24-18(22)20-16-9-7-8-13(4)14(16)5/h7-9,12,15H,6,10-11H2,1-5H3,(H,19,21)(H,20,22)/t15-/m1/s1. The summed E-state index contributed by atoms with van der Waals surface area (Å²) in [4.78, 5) is 23.6. The molecule has 1 aromatic carbocycles. The molecule has 0 radical (unpaired) electrons. The number of ether oxygens (including phenoxy) is 2. The van der Waals surface area contributed by atoms with E-state index >= 15 is 0 Å². The van der Waals surface area contributed by atoms with Gasteiger partial charge in [-0.2, -0.15) is 0 Å². The van der Waals surface area contributed by atoms with Crippen LogP contribution < -0.4 is 10.6 Å². The van der Waals surface area contributed by atoms with Gasteiger partial charge in [0, 0.05) is 5.69 Å². The van der Waals surface area contributed by atoms with E-state index in [-0.39, 0.29) is 18.6 Å². The van der Waals surface area contributed by atoms with Crippen LogP contribution in [0.3, 0.4) is 0 Å². The van der Waals surface area contributed by atoms with Gasteiger partial charge in [0.05, 0.1) is 12.6 Å². The molecule has 0 aliphatic rings. The Labute approximate surface area is 143 Å². The number of hydrogen-bond donors (Lipinski definition) is 2. The summed E-state index contributed by atoms with van der Waals surface area (Å²) in [5.41, 5.74) is 2.81. The molecule has 0 heterocycles. The van der Waals surface area contributed by atoms with Crippen LogP contribution in [-0.2, 0) is 9.47 Å². The highest BCUT2D eigenvalue weighted by Crippen LogP contribution is 2.18. The smallest absolute Gasteiger partial charge is 0.411 e. The second-order valence-electron chi connectivity index (χ2n) is 6.21. The van der Waals surface area contributed by atoms with Crippen molar-refractivity contribution in [3.05, 3.63) is 29.3 Å². The van der Waals surface area contributed by atoms with Crippen LogP contribution in [0.1, 0.15) is 38.3 Å². The van der Waals surface area contributed by atoms with Crippen molar-refractivity contribution in [2.24, 2.45) is 5.92 Å². The van der Waals surface area contributed by atoms with Crippen LogP contribution >= 0.6 is 0 Å². The highest BCUT2D eigenvalue weighted by Gasteiger charge is 2.15. The van der Waals surface area contributed by atoms with Gasteiger partial charge in [-0.3, -0.25) is 5.32 Å². The molecule has 0 aliphatic carbocycles. The SMILES string of the molecule is CC[C@H](COC(=O)Nc1cccc(C)c1C)NC(=O)OCC(C)C. The minimum atomic E-state index is -0.542. The van der Waals surface area contributed by atoms with E-state index in [4.69, 9.17) is 9.47 Å². The minimum Gasteiger partial charge on any atom is -0.449 e. The first-order valence-corrected chi connectivity index (χ1v) is 8.26. The monoisotopic (exact) mass is 336 g/mol. The van der Waals surface area contributed by atoms with Crippen LogP contribution in [0.15, 0.2) is 18.2 Å². The molecule has 1 aromatic rings. The van der Waals surface area contributed by atoms with Gasteiger partial charge in [0.15, 0.2) is 0 Å². The van der Waals surface area contributed by atoms with Crippen molar-refractivity contribution in [2.75, 3.05) is 18.5 Å². The molecule has 0 fully saturated rings. The lowest BCUT2D eigenvalue weighted by atomic mass is 10.1. The van der Waals surface area contributed by atoms with Crippen molar-refractivity contribution in [2.45, 2.75) is 47.1 Å². The molecule has 0 saturated carbocycles. The van der Waals surface area contributed by atoms with Crippen molar-refractivity contribution >= 4 is 17.9 Å². The molecule has 134 valence electrons. The number of alkyl carbamates (subject to hydrolysis) is 1. The second-order valence-corrected chi connectivity index (χ2v) is 6.21. The van der Waals surface area contributed by atoms with Crippen LogP contribution in [0, 0.1) is 19.8 Å². The molecule has 0 bridgehead atoms. The summed E-state index contributed by atoms with van der Waals surface area (Å²) in [7, 11) is 0. The Bertz CT molecular complexity index is 558. The number of carbonyl (C=O) groups is 2. The zero-order valence-corrected chi connectivity index (χ0v) is 15.1. The molecule has 2 N–H and O–H groups in total. The molecular weight excluding hydrogens is 308 g/mol. The van der Waals surface area contributed by atoms with Gasteiger partial charge in [-0.1, -0.05) is 32.9 Å². The fourth-order valence-electron chi connectivity index (χ4n) is 1.92. The van der Waals surface area contributed by atoms with E-state index in [1.54, 1.807) is 0 Å². The highest BCUT2D eigenvalue weighted by atomic mass is 16.6. The van der Waals surface area contributed by atoms with Crippen LogP contribution in [0.2, 0.25) is 0 Å². The summed E-state index contributed by atoms with van der Waals surface area (Å²) in [5.74, 6) is 0.274. The molecule has 6 nitrogen and oxygen atoms in total. The van der Waals surface area contributed by atoms with Crippen LogP contribution in [0.25, 0.3) is 0 Å². The third-order valence-electron chi connectivity index (χ3n) is 3.62. The number of nitrogens with one attached hydrogen (secondary N) is 2. The molecule has 1 rings (SSSR count). The Hall–Kier alpha value is -2.24. The van der Waals surface area contributed by atoms with Gasteiger partial charge in [-0.15, -0.1) is 0 Å². The first kappa shape index (κ1) is 19.8. The van der Waals surface area contributed by atoms with E-state index in [1.807, 2.05) is 52.8 Å². The summed E-state index contributed by atoms with van der Waals surface area (Å²) >= 11 is 0. The van der Waals surface area contributed by atoms with Crippen molar-refractivity contribution in [3.8, 4) is 0 Å². The molecular formula is C18H28N2O4. The summed E-state index contributed by atoms with van der Waals surface area (Å²) in [6, 6.07) is 5.39. The third-order valence-corrected chi connectivity index (χ3v) is 3.62. The highest BCUT2D eigenvalue weighted by molar-refractivity contribution is 5.85. The van der Waals surface area contributed by atoms with E-state index < -0.39 is 12.2 Å². The predicted octanol–water partition coefficient (Wildman–Crippen LogP) is 4.01. The first-order valence-electron chi connectivity index (χ1n) is 8.26. The number of aryl methyl sites for hydroxylation is 1. The largest absolute Gasteiger partial charge is 0.449 e. The number of amides is 2. The molecule has 24 heavy (non-hydrogen) atoms. The molecule has 0 unspecified atom stereocenters. The van der Waals surface area contributed by atoms with Crippen molar-refractivity contribution in [1.29, 1.82) is 0 Å². The van der Waals surface area contributed by atoms with Gasteiger partial charge in [0.25, 0.3) is 0 Å². The van der Waals surface area contributed by atoms with E-state index in [1.165, 1.54) is 0 Å². The fraction of sp³-hybridized carbons (Fsp3) is 0.556. The number of anilines is 1. The second kappa shape index (κ2) is 9.80. The van der Waals surface area contributed by atoms with Gasteiger partial charge in [-0.05, 0) is 43.4 Å². The normalized spacial score (nSPS) is 11.8. The molecule has 2 amide bonds. The Morgan fingerprint density at radius 3 is 2.38 bits per heavy atom. The lowest BCUT2D eigenvalue weighted by molar-refractivity contribution is 0.116. The maximum absolute atomic E-state index is 11.9. The fourth-order valence-corrected chi connectivity index (χ4v) is 1.92. The molecule has 0 saturated heterocycles. The van der Waals surface area contributed by atoms with Gasteiger partial charge in [-0.25, -0.2) is 9.59 Å². The van der Waals surface area contributed by atoms with Crippen molar-refractivity contribution in [3.63, 3.8) is 0 Å². The van der Waals surface area contributed by atoms with E-state index in [9.17, 15) is 9.59 Å². The van der Waals surface area contributed by atoms with Crippen molar-refractivity contribution in [1.82, 2.24) is 5.32 Å². The number of carbonyl (C=O) groups excluding carboxylic acids is 2. The zero-order valence-electron chi connectivity index (χ0n) is 15.1. The van der Waals surface area contributed by atoms with Crippen LogP contribution in [0.4, 0.5) is 15.3 Å². The Morgan fingerprint density at radius 2 is 1.75 bits per heavy atom. The van der Waals surface area contributed by atoms with Gasteiger partial charge < -0.3 is 14.8 Å². The predicted molar refractivity (Wildman–Crippen MR) is 94.3 cm³/mol. The van der Waals surface area contributed by atoms with Crippen LogP contribution in [0.5, 0.6) is 0 Å². The zero-order chi connectivity index (χ0) is 18.1. The summed E-state index contributed by atoms with van der Waals surface area (Å²) in [6.45, 7) is 10.2. The summed E-state index contributed by atoms with van der Waals surface area (Å²) in [6.07, 6.45) is -0.401. The third kappa shape index (κ3) is 6.89. The minimum absolute atomic E-state index is 0.0873. The molecule has 1 atom stereocenters. The van der Waals surface area contributed by atoms with E-state index in [0.717, 1.165) is 16.8 Å². The average Bonchev–Trinajstić information content (AvgIpc) is 2.53. The first-order chi connectivity index (χ1) is 11.3. The maximum Gasteiger partial charge on any atom is 0.411 e. The topological polar surface area (TPSA) is 76.7 Å². The quantitative estimate of drug-likeness (QED) is 0.788. The number of benzene rings is 1. The summed E-state index contributed by atoms with van der Waals surface area (Å²) < 4.78 is 10.3. The average molecular weight is 336 g/mol. The molecule has 0 aliphatic heterocycles. The number of hydrogen-bond acceptors (Lipinski definition) is 4. The lowest BCUT2D eigenvalue weighted by Crippen LogP contribution is -2.39. The number of rotatable bonds is 7. The van der Waals surface area contributed by atoms with Crippen molar-refractivity contribution < 1.29 is 19.1 Å². The maximum atomic E-state index is 11.9. The molecule has 6 heteroatoms.